The van der Waals surface area contributed by atoms with Gasteiger partial charge in [-0.3, -0.25) is 9.59 Å². The van der Waals surface area contributed by atoms with E-state index < -0.39 is 11.8 Å². The molecule has 0 radical (unpaired) electrons. The SMILES string of the molecule is COc1ccc(C(C)=NNC(=O)C(=O)Nc2ccc(C)c(C)c2)cc1. The Morgan fingerprint density at radius 2 is 1.64 bits per heavy atom. The van der Waals surface area contributed by atoms with Crippen molar-refractivity contribution in [2.75, 3.05) is 12.4 Å². The molecule has 0 atom stereocenters. The molecule has 0 aliphatic carbocycles. The molecule has 0 aliphatic heterocycles. The molecule has 6 nitrogen and oxygen atoms in total. The lowest BCUT2D eigenvalue weighted by molar-refractivity contribution is -0.136. The predicted octanol–water partition coefficient (Wildman–Crippen LogP) is 2.79. The Labute approximate surface area is 146 Å². The van der Waals surface area contributed by atoms with Gasteiger partial charge in [-0.15, -0.1) is 0 Å². The molecule has 2 aromatic carbocycles. The Hall–Kier alpha value is -3.15. The van der Waals surface area contributed by atoms with Gasteiger partial charge in [0.15, 0.2) is 0 Å². The minimum absolute atomic E-state index is 0.569. The highest BCUT2D eigenvalue weighted by atomic mass is 16.5. The van der Waals surface area contributed by atoms with Gasteiger partial charge >= 0.3 is 11.8 Å². The van der Waals surface area contributed by atoms with Crippen LogP contribution < -0.4 is 15.5 Å². The van der Waals surface area contributed by atoms with Crippen molar-refractivity contribution in [3.05, 3.63) is 59.2 Å². The lowest BCUT2D eigenvalue weighted by atomic mass is 10.1. The summed E-state index contributed by atoms with van der Waals surface area (Å²) in [5.74, 6) is -0.867. The van der Waals surface area contributed by atoms with Gasteiger partial charge in [-0.25, -0.2) is 5.43 Å². The fourth-order valence-electron chi connectivity index (χ4n) is 2.09. The van der Waals surface area contributed by atoms with Crippen molar-refractivity contribution in [3.8, 4) is 5.75 Å². The number of nitrogens with zero attached hydrogens (tertiary/aromatic N) is 1. The molecule has 2 rings (SSSR count). The van der Waals surface area contributed by atoms with Crippen LogP contribution >= 0.6 is 0 Å². The molecule has 0 fully saturated rings. The Morgan fingerprint density at radius 3 is 2.24 bits per heavy atom. The number of carbonyl (C=O) groups is 2. The van der Waals surface area contributed by atoms with Gasteiger partial charge in [0, 0.05) is 5.69 Å². The number of rotatable bonds is 4. The molecule has 0 aliphatic rings. The molecule has 0 aromatic heterocycles. The van der Waals surface area contributed by atoms with Gasteiger partial charge in [0.25, 0.3) is 0 Å². The molecule has 0 unspecified atom stereocenters. The van der Waals surface area contributed by atoms with E-state index in [9.17, 15) is 9.59 Å². The average molecular weight is 339 g/mol. The normalized spacial score (nSPS) is 11.0. The van der Waals surface area contributed by atoms with Crippen LogP contribution in [0.5, 0.6) is 5.75 Å². The number of hydrogen-bond donors (Lipinski definition) is 2. The zero-order valence-corrected chi connectivity index (χ0v) is 14.7. The number of hydrogen-bond acceptors (Lipinski definition) is 4. The summed E-state index contributed by atoms with van der Waals surface area (Å²) < 4.78 is 5.09. The first-order valence-corrected chi connectivity index (χ1v) is 7.78. The van der Waals surface area contributed by atoms with Crippen LogP contribution in [0.15, 0.2) is 47.6 Å². The van der Waals surface area contributed by atoms with E-state index in [0.29, 0.717) is 11.4 Å². The molecule has 0 spiro atoms. The monoisotopic (exact) mass is 339 g/mol. The molecule has 0 heterocycles. The average Bonchev–Trinajstić information content (AvgIpc) is 2.62. The number of carbonyl (C=O) groups excluding carboxylic acids is 2. The van der Waals surface area contributed by atoms with Crippen LogP contribution in [0.1, 0.15) is 23.6 Å². The van der Waals surface area contributed by atoms with Crippen molar-refractivity contribution in [1.29, 1.82) is 0 Å². The first kappa shape index (κ1) is 18.2. The third-order valence-corrected chi connectivity index (χ3v) is 3.80. The zero-order valence-electron chi connectivity index (χ0n) is 14.7. The number of hydrazone groups is 1. The van der Waals surface area contributed by atoms with Gasteiger partial charge in [0.1, 0.15) is 5.75 Å². The van der Waals surface area contributed by atoms with Crippen molar-refractivity contribution in [2.45, 2.75) is 20.8 Å². The maximum atomic E-state index is 11.9. The molecule has 130 valence electrons. The van der Waals surface area contributed by atoms with E-state index >= 15 is 0 Å². The molecule has 0 saturated carbocycles. The summed E-state index contributed by atoms with van der Waals surface area (Å²) in [7, 11) is 1.59. The minimum atomic E-state index is -0.828. The summed E-state index contributed by atoms with van der Waals surface area (Å²) in [4.78, 5) is 23.8. The zero-order chi connectivity index (χ0) is 18.4. The third kappa shape index (κ3) is 4.91. The third-order valence-electron chi connectivity index (χ3n) is 3.80. The molecule has 2 amide bonds. The van der Waals surface area contributed by atoms with Crippen LogP contribution in [0, 0.1) is 13.8 Å². The van der Waals surface area contributed by atoms with E-state index in [1.807, 2.05) is 38.1 Å². The van der Waals surface area contributed by atoms with Crippen LogP contribution in [0.3, 0.4) is 0 Å². The number of aryl methyl sites for hydroxylation is 2. The number of methoxy groups -OCH3 is 1. The summed E-state index contributed by atoms with van der Waals surface area (Å²) in [5, 5.41) is 6.51. The van der Waals surface area contributed by atoms with Crippen LogP contribution in [-0.4, -0.2) is 24.6 Å². The smallest absolute Gasteiger partial charge is 0.329 e. The first-order valence-electron chi connectivity index (χ1n) is 7.78. The highest BCUT2D eigenvalue weighted by Crippen LogP contribution is 2.14. The Balaban J connectivity index is 1.97. The molecule has 0 saturated heterocycles. The van der Waals surface area contributed by atoms with Gasteiger partial charge in [0.05, 0.1) is 12.8 Å². The van der Waals surface area contributed by atoms with Crippen molar-refractivity contribution in [2.24, 2.45) is 5.10 Å². The molecular formula is C19H21N3O3. The molecule has 25 heavy (non-hydrogen) atoms. The van der Waals surface area contributed by atoms with Crippen LogP contribution in [-0.2, 0) is 9.59 Å². The van der Waals surface area contributed by atoms with Crippen LogP contribution in [0.2, 0.25) is 0 Å². The van der Waals surface area contributed by atoms with E-state index in [2.05, 4.69) is 15.8 Å². The van der Waals surface area contributed by atoms with E-state index in [0.717, 1.165) is 22.4 Å². The molecule has 6 heteroatoms. The molecule has 2 N–H and O–H groups in total. The van der Waals surface area contributed by atoms with Gasteiger partial charge < -0.3 is 10.1 Å². The second-order valence-electron chi connectivity index (χ2n) is 5.62. The number of ether oxygens (including phenoxy) is 1. The highest BCUT2D eigenvalue weighted by molar-refractivity contribution is 6.39. The van der Waals surface area contributed by atoms with Crippen LogP contribution in [0.25, 0.3) is 0 Å². The number of benzene rings is 2. The van der Waals surface area contributed by atoms with Crippen molar-refractivity contribution in [3.63, 3.8) is 0 Å². The standard InChI is InChI=1S/C19H21N3O3/c1-12-5-8-16(11-13(12)2)20-18(23)19(24)22-21-14(3)15-6-9-17(25-4)10-7-15/h5-11H,1-4H3,(H,20,23)(H,22,24). The largest absolute Gasteiger partial charge is 0.497 e. The van der Waals surface area contributed by atoms with Crippen LogP contribution in [0.4, 0.5) is 5.69 Å². The van der Waals surface area contributed by atoms with Crippen molar-refractivity contribution < 1.29 is 14.3 Å². The van der Waals surface area contributed by atoms with Crippen molar-refractivity contribution >= 4 is 23.2 Å². The van der Waals surface area contributed by atoms with E-state index in [1.165, 1.54) is 0 Å². The lowest BCUT2D eigenvalue weighted by Gasteiger charge is -2.07. The topological polar surface area (TPSA) is 79.8 Å². The highest BCUT2D eigenvalue weighted by Gasteiger charge is 2.13. The van der Waals surface area contributed by atoms with Gasteiger partial charge in [-0.05, 0) is 73.9 Å². The second kappa shape index (κ2) is 8.10. The van der Waals surface area contributed by atoms with Gasteiger partial charge in [-0.1, -0.05) is 6.07 Å². The fraction of sp³-hybridized carbons (Fsp3) is 0.211. The number of amides is 2. The summed E-state index contributed by atoms with van der Waals surface area (Å²) >= 11 is 0. The predicted molar refractivity (Wildman–Crippen MR) is 97.9 cm³/mol. The summed E-state index contributed by atoms with van der Waals surface area (Å²) in [6.07, 6.45) is 0. The lowest BCUT2D eigenvalue weighted by Crippen LogP contribution is -2.33. The Bertz CT molecular complexity index is 811. The quantitative estimate of drug-likeness (QED) is 0.511. The summed E-state index contributed by atoms with van der Waals surface area (Å²) in [6, 6.07) is 12.7. The number of anilines is 1. The summed E-state index contributed by atoms with van der Waals surface area (Å²) in [6.45, 7) is 5.65. The second-order valence-corrected chi connectivity index (χ2v) is 5.62. The van der Waals surface area contributed by atoms with E-state index in [1.54, 1.807) is 32.2 Å². The maximum absolute atomic E-state index is 11.9. The van der Waals surface area contributed by atoms with E-state index in [-0.39, 0.29) is 0 Å². The van der Waals surface area contributed by atoms with Gasteiger partial charge in [-0.2, -0.15) is 5.10 Å². The molecule has 0 bridgehead atoms. The van der Waals surface area contributed by atoms with Crippen molar-refractivity contribution in [1.82, 2.24) is 5.43 Å². The maximum Gasteiger partial charge on any atom is 0.329 e. The van der Waals surface area contributed by atoms with E-state index in [4.69, 9.17) is 4.74 Å². The Morgan fingerprint density at radius 1 is 0.960 bits per heavy atom. The Kier molecular flexibility index (Phi) is 5.89. The van der Waals surface area contributed by atoms with Gasteiger partial charge in [0.2, 0.25) is 0 Å². The summed E-state index contributed by atoms with van der Waals surface area (Å²) in [5.41, 5.74) is 6.37. The first-order chi connectivity index (χ1) is 11.9. The fourth-order valence-corrected chi connectivity index (χ4v) is 2.09. The number of nitrogens with one attached hydrogen (secondary N) is 2. The molecular weight excluding hydrogens is 318 g/mol. The molecule has 2 aromatic rings. The minimum Gasteiger partial charge on any atom is -0.497 e.